The van der Waals surface area contributed by atoms with E-state index in [1.807, 2.05) is 37.4 Å². The molecule has 29 heavy (non-hydrogen) atoms. The van der Waals surface area contributed by atoms with Gasteiger partial charge in [-0.25, -0.2) is 8.42 Å². The summed E-state index contributed by atoms with van der Waals surface area (Å²) in [4.78, 5) is 14.1. The molecular weight excluding hydrogens is 402 g/mol. The average Bonchev–Trinajstić information content (AvgIpc) is 2.74. The number of amides is 1. The molecule has 0 aromatic heterocycles. The van der Waals surface area contributed by atoms with E-state index in [2.05, 4.69) is 5.32 Å². The van der Waals surface area contributed by atoms with Crippen molar-refractivity contribution in [3.05, 3.63) is 95.6 Å². The lowest BCUT2D eigenvalue weighted by molar-refractivity contribution is 0.0939. The third-order valence-electron chi connectivity index (χ3n) is 4.61. The van der Waals surface area contributed by atoms with Crippen molar-refractivity contribution in [2.45, 2.75) is 28.5 Å². The highest BCUT2D eigenvalue weighted by Crippen LogP contribution is 2.20. The van der Waals surface area contributed by atoms with Crippen molar-refractivity contribution in [1.29, 1.82) is 0 Å². The average molecular weight is 426 g/mol. The Kier molecular flexibility index (Phi) is 6.77. The normalized spacial score (nSPS) is 12.3. The van der Waals surface area contributed by atoms with Crippen LogP contribution in [-0.4, -0.2) is 20.6 Å². The minimum Gasteiger partial charge on any atom is -0.346 e. The minimum absolute atomic E-state index is 0.149. The molecule has 3 rings (SSSR count). The third-order valence-corrected chi connectivity index (χ3v) is 7.06. The van der Waals surface area contributed by atoms with Crippen LogP contribution in [0.2, 0.25) is 0 Å². The van der Waals surface area contributed by atoms with Crippen LogP contribution in [0.4, 0.5) is 0 Å². The first kappa shape index (κ1) is 21.1. The second kappa shape index (κ2) is 9.29. The molecule has 0 unspecified atom stereocenters. The van der Waals surface area contributed by atoms with Crippen molar-refractivity contribution in [3.8, 4) is 0 Å². The van der Waals surface area contributed by atoms with Gasteiger partial charge in [-0.2, -0.15) is 0 Å². The number of carbonyl (C=O) groups excluding carboxylic acids is 1. The summed E-state index contributed by atoms with van der Waals surface area (Å²) in [6.07, 6.45) is 2.02. The highest BCUT2D eigenvalue weighted by Gasteiger charge is 2.17. The molecule has 6 heteroatoms. The predicted molar refractivity (Wildman–Crippen MR) is 118 cm³/mol. The Hall–Kier alpha value is -2.57. The van der Waals surface area contributed by atoms with E-state index in [9.17, 15) is 13.2 Å². The number of nitrogens with one attached hydrogen (secondary N) is 1. The fourth-order valence-corrected chi connectivity index (χ4v) is 4.75. The second-order valence-corrected chi connectivity index (χ2v) is 9.61. The standard InChI is InChI=1S/C23H23NO3S2/c1-17(19-11-13-21(28-2)14-12-19)24-23(25)20-8-6-7-18(15-20)16-29(26,27)22-9-4-3-5-10-22/h3-15,17H,16H2,1-2H3,(H,24,25)/t17-/m1/s1. The number of benzene rings is 3. The molecule has 0 saturated heterocycles. The minimum atomic E-state index is -3.46. The van der Waals surface area contributed by atoms with Gasteiger partial charge >= 0.3 is 0 Å². The lowest BCUT2D eigenvalue weighted by atomic mass is 10.1. The zero-order chi connectivity index (χ0) is 20.9. The lowest BCUT2D eigenvalue weighted by Gasteiger charge is -2.15. The van der Waals surface area contributed by atoms with Gasteiger partial charge in [-0.15, -0.1) is 11.8 Å². The SMILES string of the molecule is CSc1ccc([C@@H](C)NC(=O)c2cccc(CS(=O)(=O)c3ccccc3)c2)cc1. The summed E-state index contributed by atoms with van der Waals surface area (Å²) in [6.45, 7) is 1.93. The molecule has 3 aromatic carbocycles. The van der Waals surface area contributed by atoms with Gasteiger partial charge in [0.15, 0.2) is 9.84 Å². The molecule has 150 valence electrons. The molecule has 3 aromatic rings. The van der Waals surface area contributed by atoms with Gasteiger partial charge in [0.25, 0.3) is 5.91 Å². The fourth-order valence-electron chi connectivity index (χ4n) is 2.99. The monoisotopic (exact) mass is 425 g/mol. The molecule has 0 radical (unpaired) electrons. The van der Waals surface area contributed by atoms with Crippen molar-refractivity contribution in [1.82, 2.24) is 5.32 Å². The highest BCUT2D eigenvalue weighted by molar-refractivity contribution is 7.98. The molecule has 0 spiro atoms. The number of hydrogen-bond donors (Lipinski definition) is 1. The van der Waals surface area contributed by atoms with Gasteiger partial charge in [-0.3, -0.25) is 4.79 Å². The number of rotatable bonds is 7. The molecule has 4 nitrogen and oxygen atoms in total. The first-order valence-corrected chi connectivity index (χ1v) is 12.1. The van der Waals surface area contributed by atoms with Crippen LogP contribution in [0.5, 0.6) is 0 Å². The molecule has 1 amide bonds. The van der Waals surface area contributed by atoms with Crippen LogP contribution in [0.15, 0.2) is 88.7 Å². The number of sulfone groups is 1. The van der Waals surface area contributed by atoms with Crippen molar-refractivity contribution < 1.29 is 13.2 Å². The van der Waals surface area contributed by atoms with Gasteiger partial charge in [0.1, 0.15) is 0 Å². The third kappa shape index (κ3) is 5.49. The van der Waals surface area contributed by atoms with Gasteiger partial charge in [-0.1, -0.05) is 42.5 Å². The quantitative estimate of drug-likeness (QED) is 0.549. The van der Waals surface area contributed by atoms with Gasteiger partial charge in [0, 0.05) is 10.5 Å². The Morgan fingerprint density at radius 3 is 2.31 bits per heavy atom. The molecule has 1 atom stereocenters. The van der Waals surface area contributed by atoms with Crippen LogP contribution in [0.25, 0.3) is 0 Å². The van der Waals surface area contributed by atoms with E-state index in [4.69, 9.17) is 0 Å². The summed E-state index contributed by atoms with van der Waals surface area (Å²) in [6, 6.07) is 23.0. The lowest BCUT2D eigenvalue weighted by Crippen LogP contribution is -2.26. The molecule has 0 aliphatic heterocycles. The van der Waals surface area contributed by atoms with Crippen LogP contribution in [-0.2, 0) is 15.6 Å². The van der Waals surface area contributed by atoms with Crippen LogP contribution >= 0.6 is 11.8 Å². The van der Waals surface area contributed by atoms with Gasteiger partial charge < -0.3 is 5.32 Å². The Balaban J connectivity index is 1.72. The number of carbonyl (C=O) groups is 1. The van der Waals surface area contributed by atoms with E-state index < -0.39 is 9.84 Å². The molecular formula is C23H23NO3S2. The molecule has 0 heterocycles. The zero-order valence-electron chi connectivity index (χ0n) is 16.3. The van der Waals surface area contributed by atoms with Crippen LogP contribution < -0.4 is 5.32 Å². The molecule has 0 aliphatic rings. The van der Waals surface area contributed by atoms with Crippen molar-refractivity contribution in [2.75, 3.05) is 6.26 Å². The van der Waals surface area contributed by atoms with E-state index in [1.165, 1.54) is 4.90 Å². The smallest absolute Gasteiger partial charge is 0.251 e. The Bertz CT molecular complexity index is 1080. The highest BCUT2D eigenvalue weighted by atomic mass is 32.2. The summed E-state index contributed by atoms with van der Waals surface area (Å²) in [7, 11) is -3.46. The van der Waals surface area contributed by atoms with E-state index in [0.29, 0.717) is 11.1 Å². The molecule has 1 N–H and O–H groups in total. The van der Waals surface area contributed by atoms with Crippen molar-refractivity contribution >= 4 is 27.5 Å². The summed E-state index contributed by atoms with van der Waals surface area (Å²) in [5, 5.41) is 2.98. The van der Waals surface area contributed by atoms with Crippen LogP contribution in [0.1, 0.15) is 34.5 Å². The second-order valence-electron chi connectivity index (χ2n) is 6.74. The van der Waals surface area contributed by atoms with Crippen LogP contribution in [0.3, 0.4) is 0 Å². The van der Waals surface area contributed by atoms with Crippen molar-refractivity contribution in [2.24, 2.45) is 0 Å². The molecule has 0 fully saturated rings. The summed E-state index contributed by atoms with van der Waals surface area (Å²) >= 11 is 1.67. The predicted octanol–water partition coefficient (Wildman–Crippen LogP) is 4.87. The van der Waals surface area contributed by atoms with Gasteiger partial charge in [0.2, 0.25) is 0 Å². The first-order chi connectivity index (χ1) is 13.9. The zero-order valence-corrected chi connectivity index (χ0v) is 18.0. The Labute approximate surface area is 176 Å². The Morgan fingerprint density at radius 2 is 1.66 bits per heavy atom. The molecule has 0 saturated carbocycles. The number of thioether (sulfide) groups is 1. The van der Waals surface area contributed by atoms with E-state index in [-0.39, 0.29) is 22.6 Å². The van der Waals surface area contributed by atoms with Gasteiger partial charge in [0.05, 0.1) is 16.7 Å². The van der Waals surface area contributed by atoms with Gasteiger partial charge in [-0.05, 0) is 60.7 Å². The first-order valence-electron chi connectivity index (χ1n) is 9.20. The largest absolute Gasteiger partial charge is 0.346 e. The molecule has 0 bridgehead atoms. The topological polar surface area (TPSA) is 63.2 Å². The summed E-state index contributed by atoms with van der Waals surface area (Å²) < 4.78 is 25.2. The maximum absolute atomic E-state index is 12.7. The van der Waals surface area contributed by atoms with Crippen LogP contribution in [0, 0.1) is 0 Å². The summed E-state index contributed by atoms with van der Waals surface area (Å²) in [5.41, 5.74) is 2.04. The molecule has 0 aliphatic carbocycles. The maximum atomic E-state index is 12.7. The summed E-state index contributed by atoms with van der Waals surface area (Å²) in [5.74, 6) is -0.380. The van der Waals surface area contributed by atoms with E-state index >= 15 is 0 Å². The van der Waals surface area contributed by atoms with Crippen molar-refractivity contribution in [3.63, 3.8) is 0 Å². The number of hydrogen-bond acceptors (Lipinski definition) is 4. The Morgan fingerprint density at radius 1 is 0.966 bits per heavy atom. The van der Waals surface area contributed by atoms with E-state index in [0.717, 1.165) is 5.56 Å². The van der Waals surface area contributed by atoms with E-state index in [1.54, 1.807) is 66.4 Å². The maximum Gasteiger partial charge on any atom is 0.251 e. The fraction of sp³-hybridized carbons (Fsp3) is 0.174.